The van der Waals surface area contributed by atoms with Crippen molar-refractivity contribution in [3.05, 3.63) is 47.7 Å². The average molecular weight is 401 g/mol. The Labute approximate surface area is 170 Å². The second-order valence-electron chi connectivity index (χ2n) is 7.48. The van der Waals surface area contributed by atoms with Crippen LogP contribution in [0.4, 0.5) is 10.5 Å². The molecule has 1 N–H and O–H groups in total. The summed E-state index contributed by atoms with van der Waals surface area (Å²) in [6, 6.07) is 9.44. The minimum Gasteiger partial charge on any atom is -0.325 e. The number of carbonyl (C=O) groups excluding carboxylic acids is 2. The van der Waals surface area contributed by atoms with Gasteiger partial charge in [0.2, 0.25) is 5.91 Å². The summed E-state index contributed by atoms with van der Waals surface area (Å²) in [5.41, 5.74) is 1.58. The summed E-state index contributed by atoms with van der Waals surface area (Å²) >= 11 is 6.15. The molecule has 1 aromatic heterocycles. The van der Waals surface area contributed by atoms with E-state index in [0.717, 1.165) is 37.3 Å². The molecule has 0 bridgehead atoms. The molecule has 7 heteroatoms. The molecule has 0 radical (unpaired) electrons. The summed E-state index contributed by atoms with van der Waals surface area (Å²) in [6.07, 6.45) is 7.41. The van der Waals surface area contributed by atoms with Crippen LogP contribution in [0.15, 0.2) is 42.7 Å². The van der Waals surface area contributed by atoms with Gasteiger partial charge in [0.25, 0.3) is 0 Å². The van der Waals surface area contributed by atoms with Gasteiger partial charge >= 0.3 is 6.03 Å². The molecule has 28 heavy (non-hydrogen) atoms. The number of likely N-dealkylation sites (tertiary alicyclic amines) is 2. The first-order valence-electron chi connectivity index (χ1n) is 9.89. The second kappa shape index (κ2) is 8.27. The van der Waals surface area contributed by atoms with Crippen LogP contribution in [0.5, 0.6) is 0 Å². The maximum atomic E-state index is 12.8. The third kappa shape index (κ3) is 4.02. The number of aromatic nitrogens is 1. The van der Waals surface area contributed by atoms with Gasteiger partial charge in [0.1, 0.15) is 0 Å². The first-order chi connectivity index (χ1) is 13.6. The summed E-state index contributed by atoms with van der Waals surface area (Å²) in [5.74, 6) is -0.0835. The van der Waals surface area contributed by atoms with Crippen LogP contribution in [0.2, 0.25) is 5.02 Å². The molecule has 2 aliphatic heterocycles. The Balaban J connectivity index is 1.38. The van der Waals surface area contributed by atoms with Gasteiger partial charge in [-0.25, -0.2) is 4.79 Å². The molecule has 4 rings (SSSR count). The standard InChI is InChI=1S/C21H25ClN4O2/c22-17-5-6-18(19(15-17)24-9-1-2-10-24)23-20(27)16-7-13-26(14-8-16)21(28)25-11-3-4-12-25/h1-2,5-6,9-10,15-16H,3-4,7-8,11-14H2,(H,23,27). The lowest BCUT2D eigenvalue weighted by Crippen LogP contribution is -2.47. The highest BCUT2D eigenvalue weighted by Gasteiger charge is 2.30. The lowest BCUT2D eigenvalue weighted by atomic mass is 9.96. The summed E-state index contributed by atoms with van der Waals surface area (Å²) < 4.78 is 1.93. The third-order valence-corrected chi connectivity index (χ3v) is 5.85. The van der Waals surface area contributed by atoms with E-state index < -0.39 is 0 Å². The number of piperidine rings is 1. The van der Waals surface area contributed by atoms with E-state index in [1.165, 1.54) is 0 Å². The smallest absolute Gasteiger partial charge is 0.319 e. The number of anilines is 1. The van der Waals surface area contributed by atoms with Crippen LogP contribution < -0.4 is 5.32 Å². The Hall–Kier alpha value is -2.47. The van der Waals surface area contributed by atoms with Crippen LogP contribution in [0, 0.1) is 5.92 Å². The predicted octanol–water partition coefficient (Wildman–Crippen LogP) is 4.00. The molecule has 3 amide bonds. The zero-order valence-electron chi connectivity index (χ0n) is 15.8. The van der Waals surface area contributed by atoms with E-state index in [9.17, 15) is 9.59 Å². The number of carbonyl (C=O) groups is 2. The number of hydrogen-bond donors (Lipinski definition) is 1. The number of hydrogen-bond acceptors (Lipinski definition) is 2. The number of nitrogens with one attached hydrogen (secondary N) is 1. The molecule has 2 fully saturated rings. The number of urea groups is 1. The largest absolute Gasteiger partial charge is 0.325 e. The van der Waals surface area contributed by atoms with Gasteiger partial charge in [0.05, 0.1) is 11.4 Å². The normalized spacial score (nSPS) is 17.8. The van der Waals surface area contributed by atoms with Gasteiger partial charge in [0.15, 0.2) is 0 Å². The summed E-state index contributed by atoms with van der Waals surface area (Å²) in [4.78, 5) is 29.2. The SMILES string of the molecule is O=C(Nc1ccc(Cl)cc1-n1cccc1)C1CCN(C(=O)N2CCCC2)CC1. The van der Waals surface area contributed by atoms with Crippen molar-refractivity contribution >= 4 is 29.2 Å². The molecule has 0 atom stereocenters. The van der Waals surface area contributed by atoms with Crippen LogP contribution in [0.1, 0.15) is 25.7 Å². The van der Waals surface area contributed by atoms with Gasteiger partial charge in [-0.05, 0) is 56.0 Å². The zero-order chi connectivity index (χ0) is 19.5. The minimum atomic E-state index is -0.0872. The molecule has 2 aliphatic rings. The number of nitrogens with zero attached hydrogens (tertiary/aromatic N) is 3. The Bertz CT molecular complexity index is 838. The lowest BCUT2D eigenvalue weighted by molar-refractivity contribution is -0.121. The summed E-state index contributed by atoms with van der Waals surface area (Å²) in [7, 11) is 0. The van der Waals surface area contributed by atoms with E-state index in [0.29, 0.717) is 31.0 Å². The van der Waals surface area contributed by atoms with Crippen LogP contribution in [-0.2, 0) is 4.79 Å². The minimum absolute atomic E-state index is 0.00370. The number of benzene rings is 1. The van der Waals surface area contributed by atoms with E-state index in [2.05, 4.69) is 5.32 Å². The first-order valence-corrected chi connectivity index (χ1v) is 10.3. The van der Waals surface area contributed by atoms with Crippen molar-refractivity contribution in [2.75, 3.05) is 31.5 Å². The van der Waals surface area contributed by atoms with E-state index in [4.69, 9.17) is 11.6 Å². The number of rotatable bonds is 3. The Morgan fingerprint density at radius 1 is 0.964 bits per heavy atom. The molecule has 3 heterocycles. The molecule has 0 aliphatic carbocycles. The maximum Gasteiger partial charge on any atom is 0.319 e. The fourth-order valence-electron chi connectivity index (χ4n) is 4.00. The highest BCUT2D eigenvalue weighted by atomic mass is 35.5. The Kier molecular flexibility index (Phi) is 5.57. The maximum absolute atomic E-state index is 12.8. The second-order valence-corrected chi connectivity index (χ2v) is 7.92. The molecule has 0 saturated carbocycles. The molecule has 6 nitrogen and oxygen atoms in total. The summed E-state index contributed by atoms with van der Waals surface area (Å²) in [5, 5.41) is 3.68. The van der Waals surface area contributed by atoms with Crippen molar-refractivity contribution in [2.45, 2.75) is 25.7 Å². The monoisotopic (exact) mass is 400 g/mol. The van der Waals surface area contributed by atoms with Gasteiger partial charge in [-0.1, -0.05) is 11.6 Å². The van der Waals surface area contributed by atoms with E-state index in [1.807, 2.05) is 51.0 Å². The van der Waals surface area contributed by atoms with E-state index in [-0.39, 0.29) is 17.9 Å². The Morgan fingerprint density at radius 2 is 1.61 bits per heavy atom. The lowest BCUT2D eigenvalue weighted by Gasteiger charge is -2.34. The van der Waals surface area contributed by atoms with Crippen molar-refractivity contribution in [2.24, 2.45) is 5.92 Å². The topological polar surface area (TPSA) is 57.6 Å². The van der Waals surface area contributed by atoms with Crippen molar-refractivity contribution in [1.29, 1.82) is 0 Å². The molecular weight excluding hydrogens is 376 g/mol. The van der Waals surface area contributed by atoms with Crippen molar-refractivity contribution in [3.8, 4) is 5.69 Å². The zero-order valence-corrected chi connectivity index (χ0v) is 16.6. The van der Waals surface area contributed by atoms with Crippen molar-refractivity contribution in [3.63, 3.8) is 0 Å². The van der Waals surface area contributed by atoms with E-state index >= 15 is 0 Å². The Morgan fingerprint density at radius 3 is 2.29 bits per heavy atom. The molecule has 2 aromatic rings. The van der Waals surface area contributed by atoms with Crippen molar-refractivity contribution < 1.29 is 9.59 Å². The fraction of sp³-hybridized carbons (Fsp3) is 0.429. The third-order valence-electron chi connectivity index (χ3n) is 5.61. The van der Waals surface area contributed by atoms with Gasteiger partial charge < -0.3 is 19.7 Å². The van der Waals surface area contributed by atoms with Gasteiger partial charge in [-0.3, -0.25) is 4.79 Å². The molecule has 1 aromatic carbocycles. The van der Waals surface area contributed by atoms with Crippen LogP contribution in [0.25, 0.3) is 5.69 Å². The van der Waals surface area contributed by atoms with Gasteiger partial charge in [-0.15, -0.1) is 0 Å². The van der Waals surface area contributed by atoms with Crippen LogP contribution in [0.3, 0.4) is 0 Å². The first kappa shape index (κ1) is 18.9. The van der Waals surface area contributed by atoms with Crippen LogP contribution in [-0.4, -0.2) is 52.5 Å². The number of amides is 3. The quantitative estimate of drug-likeness (QED) is 0.846. The highest BCUT2D eigenvalue weighted by molar-refractivity contribution is 6.31. The molecule has 148 valence electrons. The molecule has 0 spiro atoms. The van der Waals surface area contributed by atoms with Crippen molar-refractivity contribution in [1.82, 2.24) is 14.4 Å². The molecule has 2 saturated heterocycles. The van der Waals surface area contributed by atoms with Gasteiger partial charge in [-0.2, -0.15) is 0 Å². The fourth-order valence-corrected chi connectivity index (χ4v) is 4.16. The summed E-state index contributed by atoms with van der Waals surface area (Å²) in [6.45, 7) is 2.99. The molecular formula is C21H25ClN4O2. The number of halogens is 1. The average Bonchev–Trinajstić information content (AvgIpc) is 3.43. The van der Waals surface area contributed by atoms with E-state index in [1.54, 1.807) is 6.07 Å². The highest BCUT2D eigenvalue weighted by Crippen LogP contribution is 2.27. The van der Waals surface area contributed by atoms with Gasteiger partial charge in [0, 0.05) is 49.5 Å². The molecule has 0 unspecified atom stereocenters. The predicted molar refractivity (Wildman–Crippen MR) is 110 cm³/mol. The van der Waals surface area contributed by atoms with Crippen LogP contribution >= 0.6 is 11.6 Å².